The number of carbonyl (C=O) groups is 2. The fourth-order valence-corrected chi connectivity index (χ4v) is 3.69. The van der Waals surface area contributed by atoms with Crippen molar-refractivity contribution in [1.29, 1.82) is 0 Å². The Hall–Kier alpha value is -3.56. The highest BCUT2D eigenvalue weighted by Gasteiger charge is 2.23. The second-order valence-electron chi connectivity index (χ2n) is 9.05. The van der Waals surface area contributed by atoms with Gasteiger partial charge in [0.25, 0.3) is 5.91 Å². The quantitative estimate of drug-likeness (QED) is 0.465. The summed E-state index contributed by atoms with van der Waals surface area (Å²) in [5.74, 6) is 1.12. The molecule has 1 unspecified atom stereocenters. The van der Waals surface area contributed by atoms with E-state index in [2.05, 4.69) is 10.7 Å². The van der Waals surface area contributed by atoms with Crippen LogP contribution in [0.15, 0.2) is 54.7 Å². The molecule has 2 aromatic carbocycles. The van der Waals surface area contributed by atoms with Crippen LogP contribution in [0.2, 0.25) is 0 Å². The number of hydrogen-bond donors (Lipinski definition) is 2. The highest BCUT2D eigenvalue weighted by Crippen LogP contribution is 2.33. The topological polar surface area (TPSA) is 92.4 Å². The molecule has 0 aromatic heterocycles. The Balaban J connectivity index is 1.59. The molecule has 9 heteroatoms. The van der Waals surface area contributed by atoms with Crippen molar-refractivity contribution < 1.29 is 23.8 Å². The van der Waals surface area contributed by atoms with Crippen molar-refractivity contribution in [3.63, 3.8) is 0 Å². The minimum absolute atomic E-state index is 0.00818. The predicted molar refractivity (Wildman–Crippen MR) is 139 cm³/mol. The van der Waals surface area contributed by atoms with Crippen LogP contribution in [-0.4, -0.2) is 62.4 Å². The monoisotopic (exact) mass is 496 g/mol. The van der Waals surface area contributed by atoms with Gasteiger partial charge >= 0.3 is 6.09 Å². The summed E-state index contributed by atoms with van der Waals surface area (Å²) in [6, 6.07) is 12.4. The zero-order valence-corrected chi connectivity index (χ0v) is 21.6. The lowest BCUT2D eigenvalue weighted by Crippen LogP contribution is -2.43. The maximum atomic E-state index is 13.1. The van der Waals surface area contributed by atoms with E-state index in [1.807, 2.05) is 57.1 Å². The van der Waals surface area contributed by atoms with E-state index in [9.17, 15) is 9.59 Å². The predicted octanol–water partition coefficient (Wildman–Crippen LogP) is 4.59. The Morgan fingerprint density at radius 3 is 2.56 bits per heavy atom. The fourth-order valence-electron chi connectivity index (χ4n) is 3.69. The van der Waals surface area contributed by atoms with Crippen molar-refractivity contribution in [2.24, 2.45) is 0 Å². The third kappa shape index (κ3) is 7.73. The molecule has 1 heterocycles. The molecule has 1 aliphatic heterocycles. The van der Waals surface area contributed by atoms with Crippen molar-refractivity contribution in [3.05, 3.63) is 65.9 Å². The summed E-state index contributed by atoms with van der Waals surface area (Å²) >= 11 is 0. The summed E-state index contributed by atoms with van der Waals surface area (Å²) in [5.41, 5.74) is 5.30. The molecule has 0 saturated carbocycles. The molecule has 0 aliphatic carbocycles. The Kier molecular flexibility index (Phi) is 9.72. The number of methoxy groups -OCH3 is 1. The van der Waals surface area contributed by atoms with Gasteiger partial charge < -0.3 is 19.1 Å². The molecule has 9 nitrogen and oxygen atoms in total. The first-order chi connectivity index (χ1) is 17.3. The van der Waals surface area contributed by atoms with Crippen molar-refractivity contribution in [2.45, 2.75) is 38.8 Å². The van der Waals surface area contributed by atoms with Gasteiger partial charge in [0.1, 0.15) is 0 Å². The smallest absolute Gasteiger partial charge is 0.411 e. The average Bonchev–Trinajstić information content (AvgIpc) is 2.86. The van der Waals surface area contributed by atoms with E-state index in [1.54, 1.807) is 37.6 Å². The Labute approximate surface area is 213 Å². The van der Waals surface area contributed by atoms with Gasteiger partial charge in [-0.1, -0.05) is 12.1 Å². The summed E-state index contributed by atoms with van der Waals surface area (Å²) in [4.78, 5) is 27.1. The highest BCUT2D eigenvalue weighted by atomic mass is 16.5. The molecule has 2 aromatic rings. The first-order valence-corrected chi connectivity index (χ1v) is 12.1. The van der Waals surface area contributed by atoms with E-state index in [4.69, 9.17) is 14.2 Å². The molecule has 0 radical (unpaired) electrons. The van der Waals surface area contributed by atoms with Crippen LogP contribution >= 0.6 is 0 Å². The standard InChI is InChI=1S/C27H36N4O5/c1-19(2)36-25-18-21(11-14-24(25)34-5)23-8-6-16-31(29-23)26(32)20-9-12-22(13-10-20)28-27(33)35-17-7-15-30(3)4/h6,9-14,16,18-19,23,29H,7-8,15,17H2,1-5H3,(H,28,33). The van der Waals surface area contributed by atoms with Crippen molar-refractivity contribution in [3.8, 4) is 11.5 Å². The van der Waals surface area contributed by atoms with Crippen LogP contribution in [0.3, 0.4) is 0 Å². The van der Waals surface area contributed by atoms with Gasteiger partial charge in [-0.3, -0.25) is 10.1 Å². The van der Waals surface area contributed by atoms with Crippen LogP contribution in [0.5, 0.6) is 11.5 Å². The van der Waals surface area contributed by atoms with Crippen LogP contribution in [0, 0.1) is 0 Å². The number of benzene rings is 2. The number of carbonyl (C=O) groups excluding carboxylic acids is 2. The number of hydrogen-bond acceptors (Lipinski definition) is 7. The third-order valence-corrected chi connectivity index (χ3v) is 5.45. The summed E-state index contributed by atoms with van der Waals surface area (Å²) < 4.78 is 16.5. The SMILES string of the molecule is COc1ccc(C2CC=CN(C(=O)c3ccc(NC(=O)OCCCN(C)C)cc3)N2)cc1OC(C)C. The maximum absolute atomic E-state index is 13.1. The van der Waals surface area contributed by atoms with Crippen LogP contribution in [0.1, 0.15) is 48.7 Å². The molecule has 0 bridgehead atoms. The van der Waals surface area contributed by atoms with Crippen molar-refractivity contribution in [2.75, 3.05) is 39.7 Å². The number of amides is 2. The number of ether oxygens (including phenoxy) is 3. The summed E-state index contributed by atoms with van der Waals surface area (Å²) in [5, 5.41) is 4.16. The van der Waals surface area contributed by atoms with Crippen LogP contribution in [-0.2, 0) is 4.74 Å². The average molecular weight is 497 g/mol. The van der Waals surface area contributed by atoms with E-state index >= 15 is 0 Å². The third-order valence-electron chi connectivity index (χ3n) is 5.45. The molecule has 0 fully saturated rings. The summed E-state index contributed by atoms with van der Waals surface area (Å²) in [6.07, 6.45) is 4.65. The van der Waals surface area contributed by atoms with Gasteiger partial charge in [0, 0.05) is 24.0 Å². The molecule has 2 amide bonds. The Morgan fingerprint density at radius 2 is 1.89 bits per heavy atom. The molecule has 2 N–H and O–H groups in total. The second kappa shape index (κ2) is 12.9. The molecule has 36 heavy (non-hydrogen) atoms. The maximum Gasteiger partial charge on any atom is 0.411 e. The van der Waals surface area contributed by atoms with Crippen LogP contribution in [0.4, 0.5) is 10.5 Å². The fraction of sp³-hybridized carbons (Fsp3) is 0.407. The molecule has 1 atom stereocenters. The number of rotatable bonds is 10. The minimum atomic E-state index is -0.517. The van der Waals surface area contributed by atoms with Crippen molar-refractivity contribution in [1.82, 2.24) is 15.3 Å². The zero-order chi connectivity index (χ0) is 26.1. The summed E-state index contributed by atoms with van der Waals surface area (Å²) in [6.45, 7) is 5.11. The molecular formula is C27H36N4O5. The number of nitrogens with zero attached hydrogens (tertiary/aromatic N) is 2. The van der Waals surface area contributed by atoms with Gasteiger partial charge in [-0.15, -0.1) is 0 Å². The lowest BCUT2D eigenvalue weighted by atomic mass is 10.0. The van der Waals surface area contributed by atoms with Crippen LogP contribution in [0.25, 0.3) is 0 Å². The largest absolute Gasteiger partial charge is 0.493 e. The highest BCUT2D eigenvalue weighted by molar-refractivity contribution is 5.95. The van der Waals surface area contributed by atoms with Gasteiger partial charge in [-0.05, 0) is 82.7 Å². The van der Waals surface area contributed by atoms with Gasteiger partial charge in [-0.2, -0.15) is 0 Å². The molecule has 1 aliphatic rings. The Bertz CT molecular complexity index is 1050. The second-order valence-corrected chi connectivity index (χ2v) is 9.05. The lowest BCUT2D eigenvalue weighted by Gasteiger charge is -2.30. The van der Waals surface area contributed by atoms with Gasteiger partial charge in [0.05, 0.1) is 25.9 Å². The van der Waals surface area contributed by atoms with E-state index < -0.39 is 6.09 Å². The van der Waals surface area contributed by atoms with E-state index in [-0.39, 0.29) is 18.1 Å². The van der Waals surface area contributed by atoms with E-state index in [1.165, 1.54) is 5.01 Å². The molecule has 0 spiro atoms. The van der Waals surface area contributed by atoms with E-state index in [0.29, 0.717) is 29.4 Å². The van der Waals surface area contributed by atoms with E-state index in [0.717, 1.165) is 24.9 Å². The van der Waals surface area contributed by atoms with Gasteiger partial charge in [0.2, 0.25) is 0 Å². The number of nitrogens with one attached hydrogen (secondary N) is 2. The summed E-state index contributed by atoms with van der Waals surface area (Å²) in [7, 11) is 5.55. The Morgan fingerprint density at radius 1 is 1.14 bits per heavy atom. The van der Waals surface area contributed by atoms with Gasteiger partial charge in [0.15, 0.2) is 11.5 Å². The first kappa shape index (κ1) is 27.0. The van der Waals surface area contributed by atoms with Gasteiger partial charge in [-0.25, -0.2) is 15.2 Å². The molecule has 0 saturated heterocycles. The van der Waals surface area contributed by atoms with Crippen LogP contribution < -0.4 is 20.2 Å². The first-order valence-electron chi connectivity index (χ1n) is 12.1. The van der Waals surface area contributed by atoms with Crippen molar-refractivity contribution >= 4 is 17.7 Å². The normalized spacial score (nSPS) is 15.2. The molecule has 194 valence electrons. The zero-order valence-electron chi connectivity index (χ0n) is 21.6. The lowest BCUT2D eigenvalue weighted by molar-refractivity contribution is 0.0713. The molecular weight excluding hydrogens is 460 g/mol. The number of anilines is 1. The molecule has 3 rings (SSSR count). The minimum Gasteiger partial charge on any atom is -0.493 e. The number of hydrazine groups is 1.